The highest BCUT2D eigenvalue weighted by molar-refractivity contribution is 5.95. The SMILES string of the molecule is CCCCOc1ccc(C(=O)N2CCCC(C(=O)NCCN)C2)cc1OC.Cl. The molecule has 1 aliphatic rings. The van der Waals surface area contributed by atoms with Gasteiger partial charge in [0.1, 0.15) is 0 Å². The van der Waals surface area contributed by atoms with E-state index in [4.69, 9.17) is 15.2 Å². The molecule has 3 N–H and O–H groups in total. The zero-order chi connectivity index (χ0) is 19.6. The Balaban J connectivity index is 0.00000392. The van der Waals surface area contributed by atoms with Crippen molar-refractivity contribution < 1.29 is 19.1 Å². The minimum atomic E-state index is -0.187. The molecule has 1 atom stereocenters. The van der Waals surface area contributed by atoms with Crippen LogP contribution in [0.4, 0.5) is 0 Å². The standard InChI is InChI=1S/C20H31N3O4.ClH/c1-3-4-12-27-17-8-7-15(13-18(17)26-2)20(25)23-11-5-6-16(14-23)19(24)22-10-9-21;/h7-8,13,16H,3-6,9-12,14,21H2,1-2H3,(H,22,24);1H. The number of hydrogen-bond donors (Lipinski definition) is 2. The van der Waals surface area contributed by atoms with E-state index in [-0.39, 0.29) is 30.1 Å². The van der Waals surface area contributed by atoms with Gasteiger partial charge in [0.25, 0.3) is 5.91 Å². The highest BCUT2D eigenvalue weighted by Crippen LogP contribution is 2.29. The Kier molecular flexibility index (Phi) is 10.7. The number of methoxy groups -OCH3 is 1. The second-order valence-corrected chi connectivity index (χ2v) is 6.74. The van der Waals surface area contributed by atoms with E-state index in [9.17, 15) is 9.59 Å². The van der Waals surface area contributed by atoms with Crippen molar-refractivity contribution in [2.24, 2.45) is 11.7 Å². The molecular formula is C20H32ClN3O4. The molecule has 28 heavy (non-hydrogen) atoms. The lowest BCUT2D eigenvalue weighted by Gasteiger charge is -2.32. The zero-order valence-electron chi connectivity index (χ0n) is 16.7. The van der Waals surface area contributed by atoms with Gasteiger partial charge in [0, 0.05) is 31.7 Å². The van der Waals surface area contributed by atoms with E-state index in [1.807, 2.05) is 0 Å². The minimum absolute atomic E-state index is 0. The highest BCUT2D eigenvalue weighted by atomic mass is 35.5. The Labute approximate surface area is 173 Å². The Morgan fingerprint density at radius 1 is 1.32 bits per heavy atom. The van der Waals surface area contributed by atoms with Gasteiger partial charge in [-0.05, 0) is 37.5 Å². The number of hydrogen-bond acceptors (Lipinski definition) is 5. The first kappa shape index (κ1) is 24.0. The summed E-state index contributed by atoms with van der Waals surface area (Å²) in [5, 5.41) is 2.81. The van der Waals surface area contributed by atoms with Gasteiger partial charge in [-0.3, -0.25) is 9.59 Å². The van der Waals surface area contributed by atoms with Crippen LogP contribution in [0.15, 0.2) is 18.2 Å². The number of amides is 2. The molecule has 2 amide bonds. The molecule has 0 aromatic heterocycles. The van der Waals surface area contributed by atoms with Crippen LogP contribution in [-0.4, -0.2) is 56.6 Å². The number of ether oxygens (including phenoxy) is 2. The number of likely N-dealkylation sites (tertiary alicyclic amines) is 1. The van der Waals surface area contributed by atoms with Gasteiger partial charge in [0.2, 0.25) is 5.91 Å². The molecule has 1 aliphatic heterocycles. The molecule has 1 heterocycles. The molecule has 1 aromatic rings. The van der Waals surface area contributed by atoms with Crippen molar-refractivity contribution in [3.05, 3.63) is 23.8 Å². The largest absolute Gasteiger partial charge is 0.493 e. The lowest BCUT2D eigenvalue weighted by atomic mass is 9.96. The molecule has 158 valence electrons. The molecule has 7 nitrogen and oxygen atoms in total. The van der Waals surface area contributed by atoms with Gasteiger partial charge >= 0.3 is 0 Å². The van der Waals surface area contributed by atoms with Crippen molar-refractivity contribution in [3.8, 4) is 11.5 Å². The van der Waals surface area contributed by atoms with Crippen LogP contribution in [0, 0.1) is 5.92 Å². The fourth-order valence-corrected chi connectivity index (χ4v) is 3.14. The monoisotopic (exact) mass is 413 g/mol. The van der Waals surface area contributed by atoms with Gasteiger partial charge in [-0.2, -0.15) is 0 Å². The summed E-state index contributed by atoms with van der Waals surface area (Å²) in [6.07, 6.45) is 3.61. The third-order valence-corrected chi connectivity index (χ3v) is 4.69. The Hall–Kier alpha value is -1.99. The van der Waals surface area contributed by atoms with Crippen LogP contribution in [0.25, 0.3) is 0 Å². The van der Waals surface area contributed by atoms with Crippen LogP contribution in [-0.2, 0) is 4.79 Å². The van der Waals surface area contributed by atoms with Crippen molar-refractivity contribution in [2.75, 3.05) is 39.9 Å². The summed E-state index contributed by atoms with van der Waals surface area (Å²) in [7, 11) is 1.56. The van der Waals surface area contributed by atoms with Crippen LogP contribution in [0.3, 0.4) is 0 Å². The lowest BCUT2D eigenvalue weighted by Crippen LogP contribution is -2.46. The molecule has 0 spiro atoms. The van der Waals surface area contributed by atoms with E-state index < -0.39 is 0 Å². The summed E-state index contributed by atoms with van der Waals surface area (Å²) in [5.74, 6) is 0.874. The number of rotatable bonds is 9. The van der Waals surface area contributed by atoms with Gasteiger partial charge in [-0.25, -0.2) is 0 Å². The normalized spacial score (nSPS) is 16.1. The summed E-state index contributed by atoms with van der Waals surface area (Å²) >= 11 is 0. The van der Waals surface area contributed by atoms with Crippen LogP contribution in [0.2, 0.25) is 0 Å². The lowest BCUT2D eigenvalue weighted by molar-refractivity contribution is -0.126. The summed E-state index contributed by atoms with van der Waals surface area (Å²) in [6, 6.07) is 5.24. The van der Waals surface area contributed by atoms with Crippen LogP contribution < -0.4 is 20.5 Å². The summed E-state index contributed by atoms with van der Waals surface area (Å²) in [6.45, 7) is 4.66. The Bertz CT molecular complexity index is 642. The van der Waals surface area contributed by atoms with Crippen molar-refractivity contribution >= 4 is 24.2 Å². The van der Waals surface area contributed by atoms with Gasteiger partial charge in [0.15, 0.2) is 11.5 Å². The van der Waals surface area contributed by atoms with Crippen molar-refractivity contribution in [3.63, 3.8) is 0 Å². The van der Waals surface area contributed by atoms with Gasteiger partial charge in [-0.15, -0.1) is 12.4 Å². The molecular weight excluding hydrogens is 382 g/mol. The number of piperidine rings is 1. The Morgan fingerprint density at radius 3 is 2.79 bits per heavy atom. The molecule has 0 bridgehead atoms. The quantitative estimate of drug-likeness (QED) is 0.605. The molecule has 8 heteroatoms. The van der Waals surface area contributed by atoms with Crippen molar-refractivity contribution in [1.82, 2.24) is 10.2 Å². The number of carbonyl (C=O) groups excluding carboxylic acids is 2. The van der Waals surface area contributed by atoms with Crippen molar-refractivity contribution in [1.29, 1.82) is 0 Å². The number of unbranched alkanes of at least 4 members (excludes halogenated alkanes) is 1. The number of nitrogens with zero attached hydrogens (tertiary/aromatic N) is 1. The first-order valence-corrected chi connectivity index (χ1v) is 9.68. The van der Waals surface area contributed by atoms with Crippen LogP contribution >= 0.6 is 12.4 Å². The summed E-state index contributed by atoms with van der Waals surface area (Å²) in [5.41, 5.74) is 5.97. The van der Waals surface area contributed by atoms with Crippen LogP contribution in [0.1, 0.15) is 43.0 Å². The van der Waals surface area contributed by atoms with E-state index in [1.54, 1.807) is 30.2 Å². The maximum atomic E-state index is 12.9. The summed E-state index contributed by atoms with van der Waals surface area (Å²) in [4.78, 5) is 26.8. The molecule has 1 aromatic carbocycles. The Morgan fingerprint density at radius 2 is 2.11 bits per heavy atom. The molecule has 0 radical (unpaired) electrons. The van der Waals surface area contributed by atoms with Gasteiger partial charge in [0.05, 0.1) is 19.6 Å². The van der Waals surface area contributed by atoms with E-state index in [1.165, 1.54) is 0 Å². The molecule has 1 saturated heterocycles. The number of nitrogens with two attached hydrogens (primary N) is 1. The van der Waals surface area contributed by atoms with Gasteiger partial charge in [-0.1, -0.05) is 13.3 Å². The average molecular weight is 414 g/mol. The first-order valence-electron chi connectivity index (χ1n) is 9.68. The van der Waals surface area contributed by atoms with Crippen molar-refractivity contribution in [2.45, 2.75) is 32.6 Å². The van der Waals surface area contributed by atoms with Gasteiger partial charge < -0.3 is 25.4 Å². The number of carbonyl (C=O) groups is 2. The predicted octanol–water partition coefficient (Wildman–Crippen LogP) is 2.22. The molecule has 0 saturated carbocycles. The topological polar surface area (TPSA) is 93.9 Å². The van der Waals surface area contributed by atoms with Crippen LogP contribution in [0.5, 0.6) is 11.5 Å². The zero-order valence-corrected chi connectivity index (χ0v) is 17.6. The van der Waals surface area contributed by atoms with E-state index in [2.05, 4.69) is 12.2 Å². The fourth-order valence-electron chi connectivity index (χ4n) is 3.14. The molecule has 1 fully saturated rings. The maximum Gasteiger partial charge on any atom is 0.254 e. The highest BCUT2D eigenvalue weighted by Gasteiger charge is 2.29. The van der Waals surface area contributed by atoms with E-state index >= 15 is 0 Å². The third-order valence-electron chi connectivity index (χ3n) is 4.69. The molecule has 1 unspecified atom stereocenters. The maximum absolute atomic E-state index is 12.9. The first-order chi connectivity index (χ1) is 13.1. The van der Waals surface area contributed by atoms with E-state index in [0.29, 0.717) is 49.8 Å². The average Bonchev–Trinajstić information content (AvgIpc) is 2.71. The minimum Gasteiger partial charge on any atom is -0.493 e. The fraction of sp³-hybridized carbons (Fsp3) is 0.600. The second kappa shape index (κ2) is 12.5. The number of benzene rings is 1. The number of nitrogens with one attached hydrogen (secondary N) is 1. The summed E-state index contributed by atoms with van der Waals surface area (Å²) < 4.78 is 11.1. The van der Waals surface area contributed by atoms with E-state index in [0.717, 1.165) is 25.7 Å². The molecule has 0 aliphatic carbocycles. The second-order valence-electron chi connectivity index (χ2n) is 6.74. The molecule has 2 rings (SSSR count). The predicted molar refractivity (Wildman–Crippen MR) is 111 cm³/mol. The third kappa shape index (κ3) is 6.56. The smallest absolute Gasteiger partial charge is 0.254 e. The number of halogens is 1.